The highest BCUT2D eigenvalue weighted by Gasteiger charge is 2.19. The van der Waals surface area contributed by atoms with Gasteiger partial charge in [-0.2, -0.15) is 5.10 Å². The maximum atomic E-state index is 13.5. The fourth-order valence-electron chi connectivity index (χ4n) is 4.70. The highest BCUT2D eigenvalue weighted by atomic mass is 16.2. The van der Waals surface area contributed by atoms with E-state index in [0.717, 1.165) is 44.5 Å². The summed E-state index contributed by atoms with van der Waals surface area (Å²) in [5, 5.41) is 9.53. The number of nitrogens with zero attached hydrogens (tertiary/aromatic N) is 3. The number of carbonyl (C=O) groups excluding carboxylic acids is 1. The molecule has 0 saturated carbocycles. The average Bonchev–Trinajstić information content (AvgIpc) is 3.21. The van der Waals surface area contributed by atoms with Crippen LogP contribution in [0.15, 0.2) is 66.7 Å². The Morgan fingerprint density at radius 1 is 0.833 bits per heavy atom. The first-order chi connectivity index (χ1) is 17.2. The van der Waals surface area contributed by atoms with Crippen molar-refractivity contribution in [2.45, 2.75) is 34.6 Å². The van der Waals surface area contributed by atoms with Crippen LogP contribution < -0.4 is 11.1 Å². The molecule has 2 aromatic heterocycles. The first-order valence-corrected chi connectivity index (χ1v) is 11.9. The summed E-state index contributed by atoms with van der Waals surface area (Å²) in [5.74, 6) is 0.213. The topological polar surface area (TPSA) is 85.8 Å². The van der Waals surface area contributed by atoms with Crippen molar-refractivity contribution in [1.82, 2.24) is 14.8 Å². The monoisotopic (exact) mass is 475 g/mol. The molecular formula is C30H29N5O. The summed E-state index contributed by atoms with van der Waals surface area (Å²) in [6, 6.07) is 22.3. The SMILES string of the molecule is Cc1cc2cc(C)c(NC(=O)c3cc(C)nn3-c3ccc(-c4ccccc4C)cc3C)cc2c(N)n1. The summed E-state index contributed by atoms with van der Waals surface area (Å²) in [6.45, 7) is 9.93. The van der Waals surface area contributed by atoms with Crippen molar-refractivity contribution in [2.75, 3.05) is 11.1 Å². The van der Waals surface area contributed by atoms with E-state index in [2.05, 4.69) is 46.6 Å². The third kappa shape index (κ3) is 4.22. The van der Waals surface area contributed by atoms with Crippen LogP contribution in [0.3, 0.4) is 0 Å². The van der Waals surface area contributed by atoms with Gasteiger partial charge < -0.3 is 11.1 Å². The number of nitrogen functional groups attached to an aromatic ring is 1. The second-order valence-electron chi connectivity index (χ2n) is 9.39. The number of rotatable bonds is 4. The second-order valence-corrected chi connectivity index (χ2v) is 9.39. The molecule has 0 radical (unpaired) electrons. The predicted molar refractivity (Wildman–Crippen MR) is 147 cm³/mol. The Bertz CT molecular complexity index is 1650. The molecule has 36 heavy (non-hydrogen) atoms. The van der Waals surface area contributed by atoms with Crippen LogP contribution in [0.2, 0.25) is 0 Å². The van der Waals surface area contributed by atoms with E-state index in [1.54, 1.807) is 10.7 Å². The Balaban J connectivity index is 1.51. The molecule has 0 spiro atoms. The van der Waals surface area contributed by atoms with Crippen LogP contribution in [0, 0.1) is 34.6 Å². The molecule has 3 N–H and O–H groups in total. The van der Waals surface area contributed by atoms with Gasteiger partial charge in [-0.1, -0.05) is 30.3 Å². The third-order valence-electron chi connectivity index (χ3n) is 6.53. The molecule has 0 fully saturated rings. The van der Waals surface area contributed by atoms with Gasteiger partial charge in [-0.15, -0.1) is 0 Å². The van der Waals surface area contributed by atoms with Crippen molar-refractivity contribution < 1.29 is 4.79 Å². The van der Waals surface area contributed by atoms with Crippen LogP contribution in [-0.2, 0) is 0 Å². The van der Waals surface area contributed by atoms with Gasteiger partial charge in [0.1, 0.15) is 11.5 Å². The predicted octanol–water partition coefficient (Wildman–Crippen LogP) is 6.46. The molecule has 0 aliphatic heterocycles. The van der Waals surface area contributed by atoms with E-state index in [4.69, 9.17) is 5.73 Å². The van der Waals surface area contributed by atoms with Gasteiger partial charge in [-0.3, -0.25) is 4.79 Å². The van der Waals surface area contributed by atoms with Gasteiger partial charge in [-0.05, 0) is 104 Å². The van der Waals surface area contributed by atoms with Crippen LogP contribution in [0.4, 0.5) is 11.5 Å². The first-order valence-electron chi connectivity index (χ1n) is 11.9. The number of amides is 1. The van der Waals surface area contributed by atoms with Gasteiger partial charge in [0.2, 0.25) is 0 Å². The zero-order valence-electron chi connectivity index (χ0n) is 21.2. The Hall–Kier alpha value is -4.45. The Morgan fingerprint density at radius 3 is 2.36 bits per heavy atom. The molecule has 6 heteroatoms. The lowest BCUT2D eigenvalue weighted by atomic mass is 9.98. The van der Waals surface area contributed by atoms with Crippen LogP contribution in [0.25, 0.3) is 27.6 Å². The number of nitrogens with one attached hydrogen (secondary N) is 1. The molecule has 0 aliphatic carbocycles. The number of hydrogen-bond donors (Lipinski definition) is 2. The molecule has 0 bridgehead atoms. The first kappa shape index (κ1) is 23.3. The molecule has 0 saturated heterocycles. The molecule has 180 valence electrons. The summed E-state index contributed by atoms with van der Waals surface area (Å²) in [4.78, 5) is 17.8. The standard InChI is InChI=1S/C30H29N5O/c1-17-8-6-7-9-24(17)22-10-11-27(19(3)13-22)35-28(15-21(5)34-35)30(36)33-26-16-25-23(12-18(26)2)14-20(4)32-29(25)31/h6-16H,1-5H3,(H2,31,32)(H,33,36). The number of aryl methyl sites for hydroxylation is 5. The van der Waals surface area contributed by atoms with Crippen LogP contribution in [0.5, 0.6) is 0 Å². The second kappa shape index (κ2) is 8.96. The van der Waals surface area contributed by atoms with Crippen molar-refractivity contribution in [3.8, 4) is 16.8 Å². The van der Waals surface area contributed by atoms with Gasteiger partial charge >= 0.3 is 0 Å². The molecule has 3 aromatic carbocycles. The average molecular weight is 476 g/mol. The fourth-order valence-corrected chi connectivity index (χ4v) is 4.70. The molecule has 1 amide bonds. The van der Waals surface area contributed by atoms with Gasteiger partial charge in [0, 0.05) is 16.8 Å². The normalized spacial score (nSPS) is 11.1. The highest BCUT2D eigenvalue weighted by molar-refractivity contribution is 6.06. The zero-order chi connectivity index (χ0) is 25.6. The van der Waals surface area contributed by atoms with Gasteiger partial charge in [0.15, 0.2) is 0 Å². The minimum atomic E-state index is -0.237. The van der Waals surface area contributed by atoms with Crippen LogP contribution in [0.1, 0.15) is 38.6 Å². The number of benzene rings is 3. The van der Waals surface area contributed by atoms with Crippen molar-refractivity contribution in [1.29, 1.82) is 0 Å². The Morgan fingerprint density at radius 2 is 1.61 bits per heavy atom. The molecule has 2 heterocycles. The summed E-state index contributed by atoms with van der Waals surface area (Å²) in [5.41, 5.74) is 15.3. The van der Waals surface area contributed by atoms with E-state index in [1.807, 2.05) is 64.1 Å². The zero-order valence-corrected chi connectivity index (χ0v) is 21.2. The van der Waals surface area contributed by atoms with Crippen LogP contribution in [-0.4, -0.2) is 20.7 Å². The Kier molecular flexibility index (Phi) is 5.80. The smallest absolute Gasteiger partial charge is 0.274 e. The lowest BCUT2D eigenvalue weighted by molar-refractivity contribution is 0.101. The quantitative estimate of drug-likeness (QED) is 0.312. The van der Waals surface area contributed by atoms with Crippen molar-refractivity contribution in [3.63, 3.8) is 0 Å². The van der Waals surface area contributed by atoms with Crippen molar-refractivity contribution in [2.24, 2.45) is 0 Å². The molecular weight excluding hydrogens is 446 g/mol. The number of carbonyl (C=O) groups is 1. The number of pyridine rings is 1. The van der Waals surface area contributed by atoms with E-state index >= 15 is 0 Å². The third-order valence-corrected chi connectivity index (χ3v) is 6.53. The Labute approximate surface area is 210 Å². The highest BCUT2D eigenvalue weighted by Crippen LogP contribution is 2.29. The lowest BCUT2D eigenvalue weighted by Gasteiger charge is -2.14. The minimum absolute atomic E-state index is 0.237. The van der Waals surface area contributed by atoms with Crippen molar-refractivity contribution in [3.05, 3.63) is 101 Å². The molecule has 5 aromatic rings. The van der Waals surface area contributed by atoms with E-state index in [1.165, 1.54) is 11.1 Å². The maximum absolute atomic E-state index is 13.5. The van der Waals surface area contributed by atoms with Crippen LogP contribution >= 0.6 is 0 Å². The number of anilines is 2. The van der Waals surface area contributed by atoms with Gasteiger partial charge in [-0.25, -0.2) is 9.67 Å². The number of hydrogen-bond acceptors (Lipinski definition) is 4. The summed E-state index contributed by atoms with van der Waals surface area (Å²) >= 11 is 0. The summed E-state index contributed by atoms with van der Waals surface area (Å²) in [7, 11) is 0. The van der Waals surface area contributed by atoms with Gasteiger partial charge in [0.25, 0.3) is 5.91 Å². The molecule has 0 unspecified atom stereocenters. The minimum Gasteiger partial charge on any atom is -0.383 e. The number of nitrogens with two attached hydrogens (primary N) is 1. The van der Waals surface area contributed by atoms with E-state index in [-0.39, 0.29) is 5.91 Å². The summed E-state index contributed by atoms with van der Waals surface area (Å²) < 4.78 is 1.72. The lowest BCUT2D eigenvalue weighted by Crippen LogP contribution is -2.18. The number of fused-ring (bicyclic) bond motifs is 1. The summed E-state index contributed by atoms with van der Waals surface area (Å²) in [6.07, 6.45) is 0. The maximum Gasteiger partial charge on any atom is 0.274 e. The fraction of sp³-hybridized carbons (Fsp3) is 0.167. The van der Waals surface area contributed by atoms with Crippen molar-refractivity contribution >= 4 is 28.2 Å². The van der Waals surface area contributed by atoms with Gasteiger partial charge in [0.05, 0.1) is 11.4 Å². The molecule has 5 rings (SSSR count). The molecule has 6 nitrogen and oxygen atoms in total. The van der Waals surface area contributed by atoms with E-state index < -0.39 is 0 Å². The van der Waals surface area contributed by atoms with E-state index in [9.17, 15) is 4.79 Å². The van der Waals surface area contributed by atoms with E-state index in [0.29, 0.717) is 17.2 Å². The molecule has 0 atom stereocenters. The molecule has 0 aliphatic rings. The largest absolute Gasteiger partial charge is 0.383 e. The number of aromatic nitrogens is 3.